The maximum Gasteiger partial charge on any atom is 0.191 e. The minimum absolute atomic E-state index is 0. The van der Waals surface area contributed by atoms with Crippen LogP contribution in [0, 0.1) is 0 Å². The number of sulfone groups is 1. The summed E-state index contributed by atoms with van der Waals surface area (Å²) in [7, 11) is -1.69. The molecule has 0 aromatic heterocycles. The van der Waals surface area contributed by atoms with Crippen molar-refractivity contribution >= 4 is 51.4 Å². The molecule has 0 aliphatic carbocycles. The smallest absolute Gasteiger partial charge is 0.191 e. The first-order chi connectivity index (χ1) is 12.9. The monoisotopic (exact) mass is 537 g/mol. The average Bonchev–Trinajstić information content (AvgIpc) is 2.67. The molecule has 0 amide bonds. The fourth-order valence-electron chi connectivity index (χ4n) is 2.30. The van der Waals surface area contributed by atoms with Crippen LogP contribution in [0.15, 0.2) is 64.5 Å². The summed E-state index contributed by atoms with van der Waals surface area (Å²) >= 11 is 5.85. The van der Waals surface area contributed by atoms with Crippen LogP contribution in [0.2, 0.25) is 5.02 Å². The van der Waals surface area contributed by atoms with E-state index in [4.69, 9.17) is 16.3 Å². The molecule has 154 valence electrons. The molecule has 2 N–H and O–H groups in total. The number of benzene rings is 2. The van der Waals surface area contributed by atoms with Gasteiger partial charge in [-0.15, -0.1) is 24.0 Å². The van der Waals surface area contributed by atoms with Gasteiger partial charge in [0.25, 0.3) is 0 Å². The van der Waals surface area contributed by atoms with Gasteiger partial charge in [-0.05, 0) is 43.3 Å². The second-order valence-corrected chi connectivity index (χ2v) is 8.44. The summed E-state index contributed by atoms with van der Waals surface area (Å²) < 4.78 is 30.3. The number of rotatable bonds is 8. The third kappa shape index (κ3) is 8.24. The molecule has 9 heteroatoms. The minimum Gasteiger partial charge on any atom is -0.489 e. The van der Waals surface area contributed by atoms with Crippen LogP contribution >= 0.6 is 35.6 Å². The molecular weight excluding hydrogens is 513 g/mol. The van der Waals surface area contributed by atoms with E-state index in [1.165, 1.54) is 0 Å². The number of halogens is 2. The van der Waals surface area contributed by atoms with E-state index < -0.39 is 9.84 Å². The Balaban J connectivity index is 0.00000392. The third-order valence-electron chi connectivity index (χ3n) is 3.70. The molecule has 0 bridgehead atoms. The highest BCUT2D eigenvalue weighted by molar-refractivity contribution is 14.0. The first-order valence-corrected chi connectivity index (χ1v) is 10.6. The van der Waals surface area contributed by atoms with E-state index in [1.54, 1.807) is 61.6 Å². The van der Waals surface area contributed by atoms with Crippen molar-refractivity contribution in [1.82, 2.24) is 10.6 Å². The highest BCUT2D eigenvalue weighted by Crippen LogP contribution is 2.16. The lowest BCUT2D eigenvalue weighted by atomic mass is 10.3. The van der Waals surface area contributed by atoms with Crippen molar-refractivity contribution in [3.05, 3.63) is 59.6 Å². The standard InChI is InChI=1S/C19H24ClN3O3S.HI/c1-15(26-17-10-8-16(20)9-11-17)14-23-19(21-2)22-12-13-27(24,25)18-6-4-3-5-7-18;/h3-11,15H,12-14H2,1-2H3,(H2,21,22,23);1H. The summed E-state index contributed by atoms with van der Waals surface area (Å²) in [4.78, 5) is 4.42. The average molecular weight is 538 g/mol. The van der Waals surface area contributed by atoms with Gasteiger partial charge in [-0.25, -0.2) is 8.42 Å². The lowest BCUT2D eigenvalue weighted by Crippen LogP contribution is -2.43. The van der Waals surface area contributed by atoms with Crippen LogP contribution in [0.1, 0.15) is 6.92 Å². The molecule has 28 heavy (non-hydrogen) atoms. The molecule has 1 unspecified atom stereocenters. The number of hydrogen-bond acceptors (Lipinski definition) is 4. The second kappa shape index (κ2) is 12.1. The molecule has 0 heterocycles. The number of nitrogens with zero attached hydrogens (tertiary/aromatic N) is 1. The Hall–Kier alpha value is -1.52. The topological polar surface area (TPSA) is 79.8 Å². The molecular formula is C19H25ClIN3O3S. The number of hydrogen-bond donors (Lipinski definition) is 2. The fourth-order valence-corrected chi connectivity index (χ4v) is 3.60. The van der Waals surface area contributed by atoms with Crippen molar-refractivity contribution in [2.24, 2.45) is 4.99 Å². The Morgan fingerprint density at radius 3 is 2.36 bits per heavy atom. The van der Waals surface area contributed by atoms with Crippen molar-refractivity contribution in [1.29, 1.82) is 0 Å². The maximum atomic E-state index is 12.3. The zero-order chi connectivity index (χ0) is 19.7. The molecule has 0 saturated heterocycles. The van der Waals surface area contributed by atoms with Crippen molar-refractivity contribution in [3.63, 3.8) is 0 Å². The van der Waals surface area contributed by atoms with Gasteiger partial charge in [0.1, 0.15) is 11.9 Å². The number of nitrogens with one attached hydrogen (secondary N) is 2. The minimum atomic E-state index is -3.32. The van der Waals surface area contributed by atoms with Gasteiger partial charge < -0.3 is 15.4 Å². The van der Waals surface area contributed by atoms with E-state index >= 15 is 0 Å². The summed E-state index contributed by atoms with van der Waals surface area (Å²) in [5.41, 5.74) is 0. The third-order valence-corrected chi connectivity index (χ3v) is 5.68. The van der Waals surface area contributed by atoms with Gasteiger partial charge in [0.2, 0.25) is 0 Å². The second-order valence-electron chi connectivity index (χ2n) is 5.89. The van der Waals surface area contributed by atoms with Gasteiger partial charge in [0.05, 0.1) is 17.2 Å². The molecule has 0 radical (unpaired) electrons. The molecule has 2 rings (SSSR count). The van der Waals surface area contributed by atoms with Crippen molar-refractivity contribution in [2.45, 2.75) is 17.9 Å². The Morgan fingerprint density at radius 1 is 1.11 bits per heavy atom. The Bertz CT molecular complexity index is 846. The van der Waals surface area contributed by atoms with Crippen LogP contribution in [-0.4, -0.2) is 46.4 Å². The van der Waals surface area contributed by atoms with Crippen LogP contribution in [0.3, 0.4) is 0 Å². The van der Waals surface area contributed by atoms with Gasteiger partial charge in [0, 0.05) is 18.6 Å². The van der Waals surface area contributed by atoms with Crippen LogP contribution in [0.25, 0.3) is 0 Å². The molecule has 0 spiro atoms. The Labute approximate surface area is 188 Å². The summed E-state index contributed by atoms with van der Waals surface area (Å²) in [6, 6.07) is 15.6. The van der Waals surface area contributed by atoms with E-state index in [-0.39, 0.29) is 42.4 Å². The first-order valence-electron chi connectivity index (χ1n) is 8.55. The zero-order valence-corrected chi connectivity index (χ0v) is 19.7. The molecule has 2 aromatic carbocycles. The van der Waals surface area contributed by atoms with Crippen molar-refractivity contribution in [3.8, 4) is 5.75 Å². The van der Waals surface area contributed by atoms with E-state index in [1.807, 2.05) is 6.92 Å². The Morgan fingerprint density at radius 2 is 1.75 bits per heavy atom. The summed E-state index contributed by atoms with van der Waals surface area (Å²) in [5, 5.41) is 6.78. The Kier molecular flexibility index (Phi) is 10.6. The molecule has 0 aliphatic heterocycles. The van der Waals surface area contributed by atoms with E-state index in [0.717, 1.165) is 5.75 Å². The van der Waals surface area contributed by atoms with Crippen LogP contribution in [0.5, 0.6) is 5.75 Å². The van der Waals surface area contributed by atoms with Gasteiger partial charge >= 0.3 is 0 Å². The molecule has 0 fully saturated rings. The number of guanidine groups is 1. The van der Waals surface area contributed by atoms with Gasteiger partial charge in [-0.3, -0.25) is 4.99 Å². The van der Waals surface area contributed by atoms with Crippen LogP contribution < -0.4 is 15.4 Å². The van der Waals surface area contributed by atoms with E-state index in [0.29, 0.717) is 22.4 Å². The predicted octanol–water partition coefficient (Wildman–Crippen LogP) is 3.36. The highest BCUT2D eigenvalue weighted by atomic mass is 127. The maximum absolute atomic E-state index is 12.3. The van der Waals surface area contributed by atoms with Gasteiger partial charge in [0.15, 0.2) is 15.8 Å². The largest absolute Gasteiger partial charge is 0.489 e. The van der Waals surface area contributed by atoms with Gasteiger partial charge in [-0.2, -0.15) is 0 Å². The van der Waals surface area contributed by atoms with E-state index in [2.05, 4.69) is 15.6 Å². The molecule has 0 saturated carbocycles. The number of ether oxygens (including phenoxy) is 1. The fraction of sp³-hybridized carbons (Fsp3) is 0.316. The van der Waals surface area contributed by atoms with Gasteiger partial charge in [-0.1, -0.05) is 29.8 Å². The van der Waals surface area contributed by atoms with E-state index in [9.17, 15) is 8.42 Å². The lowest BCUT2D eigenvalue weighted by molar-refractivity contribution is 0.224. The summed E-state index contributed by atoms with van der Waals surface area (Å²) in [6.07, 6.45) is -0.113. The number of aliphatic imine (C=N–C) groups is 1. The summed E-state index contributed by atoms with van der Waals surface area (Å²) in [6.45, 7) is 2.69. The highest BCUT2D eigenvalue weighted by Gasteiger charge is 2.13. The SMILES string of the molecule is CN=C(NCCS(=O)(=O)c1ccccc1)NCC(C)Oc1ccc(Cl)cc1.I. The van der Waals surface area contributed by atoms with Crippen LogP contribution in [-0.2, 0) is 9.84 Å². The zero-order valence-electron chi connectivity index (χ0n) is 15.8. The molecule has 0 aliphatic rings. The lowest BCUT2D eigenvalue weighted by Gasteiger charge is -2.18. The molecule has 1 atom stereocenters. The van der Waals surface area contributed by atoms with Crippen molar-refractivity contribution in [2.75, 3.05) is 25.9 Å². The summed E-state index contributed by atoms with van der Waals surface area (Å²) in [5.74, 6) is 1.23. The molecule has 6 nitrogen and oxygen atoms in total. The molecule has 2 aromatic rings. The van der Waals surface area contributed by atoms with Crippen molar-refractivity contribution < 1.29 is 13.2 Å². The first kappa shape index (κ1) is 24.5. The normalized spacial score (nSPS) is 12.6. The van der Waals surface area contributed by atoms with Crippen LogP contribution in [0.4, 0.5) is 0 Å². The predicted molar refractivity (Wildman–Crippen MR) is 125 cm³/mol. The quantitative estimate of drug-likeness (QED) is 0.307.